The average molecular weight is 412 g/mol. The van der Waals surface area contributed by atoms with E-state index in [-0.39, 0.29) is 12.5 Å². The van der Waals surface area contributed by atoms with E-state index >= 15 is 0 Å². The lowest BCUT2D eigenvalue weighted by atomic mass is 10.0. The largest absolute Gasteiger partial charge is 0.438 e. The lowest BCUT2D eigenvalue weighted by Crippen LogP contribution is -2.37. The van der Waals surface area contributed by atoms with E-state index in [0.717, 1.165) is 41.5 Å². The van der Waals surface area contributed by atoms with Crippen molar-refractivity contribution < 1.29 is 9.53 Å². The lowest BCUT2D eigenvalue weighted by molar-refractivity contribution is -0.119. The van der Waals surface area contributed by atoms with Gasteiger partial charge in [-0.25, -0.2) is 4.98 Å². The Hall–Kier alpha value is -3.64. The molecule has 0 radical (unpaired) electrons. The Morgan fingerprint density at radius 2 is 2.00 bits per heavy atom. The summed E-state index contributed by atoms with van der Waals surface area (Å²) in [5.74, 6) is 1.30. The number of amides is 1. The summed E-state index contributed by atoms with van der Waals surface area (Å²) in [7, 11) is 0. The lowest BCUT2D eigenvalue weighted by Gasteiger charge is -2.29. The van der Waals surface area contributed by atoms with Crippen LogP contribution in [0.5, 0.6) is 11.6 Å². The standard InChI is InChI=1S/C25H24N4O2/c26-16-18-10-12-27-24(15-18)31-23-9-3-8-22-20(23)11-14-28(22)17-25(30)29-13-4-6-19-5-1-2-7-21(19)29/h1-3,5,7-12,14-15H,4,6,13,16-17,26H2. The van der Waals surface area contributed by atoms with Crippen molar-refractivity contribution >= 4 is 22.5 Å². The molecule has 3 heterocycles. The van der Waals surface area contributed by atoms with Crippen LogP contribution in [0.25, 0.3) is 10.9 Å². The molecular formula is C25H24N4O2. The zero-order valence-corrected chi connectivity index (χ0v) is 17.2. The van der Waals surface area contributed by atoms with Crippen molar-refractivity contribution in [1.82, 2.24) is 9.55 Å². The second-order valence-corrected chi connectivity index (χ2v) is 7.72. The number of aromatic nitrogens is 2. The molecule has 0 bridgehead atoms. The van der Waals surface area contributed by atoms with E-state index in [1.807, 2.05) is 70.3 Å². The van der Waals surface area contributed by atoms with Gasteiger partial charge in [0, 0.05) is 42.6 Å². The van der Waals surface area contributed by atoms with Gasteiger partial charge in [0.25, 0.3) is 0 Å². The first kappa shape index (κ1) is 19.3. The average Bonchev–Trinajstić information content (AvgIpc) is 3.22. The van der Waals surface area contributed by atoms with E-state index < -0.39 is 0 Å². The van der Waals surface area contributed by atoms with Crippen LogP contribution in [0.2, 0.25) is 0 Å². The van der Waals surface area contributed by atoms with Crippen LogP contribution < -0.4 is 15.4 Å². The predicted molar refractivity (Wildman–Crippen MR) is 121 cm³/mol. The number of ether oxygens (including phenoxy) is 1. The first-order chi connectivity index (χ1) is 15.2. The first-order valence-electron chi connectivity index (χ1n) is 10.5. The minimum Gasteiger partial charge on any atom is -0.438 e. The van der Waals surface area contributed by atoms with Crippen molar-refractivity contribution in [3.63, 3.8) is 0 Å². The van der Waals surface area contributed by atoms with E-state index in [4.69, 9.17) is 10.5 Å². The molecule has 0 unspecified atom stereocenters. The smallest absolute Gasteiger partial charge is 0.246 e. The Kier molecular flexibility index (Phi) is 5.14. The predicted octanol–water partition coefficient (Wildman–Crippen LogP) is 4.27. The molecule has 2 N–H and O–H groups in total. The van der Waals surface area contributed by atoms with Gasteiger partial charge in [0.2, 0.25) is 11.8 Å². The first-order valence-corrected chi connectivity index (χ1v) is 10.5. The van der Waals surface area contributed by atoms with Gasteiger partial charge in [-0.1, -0.05) is 24.3 Å². The molecule has 156 valence electrons. The van der Waals surface area contributed by atoms with Gasteiger partial charge < -0.3 is 19.9 Å². The monoisotopic (exact) mass is 412 g/mol. The van der Waals surface area contributed by atoms with Crippen molar-refractivity contribution in [3.8, 4) is 11.6 Å². The van der Waals surface area contributed by atoms with Crippen LogP contribution in [0.3, 0.4) is 0 Å². The Bertz CT molecular complexity index is 1250. The van der Waals surface area contributed by atoms with E-state index in [9.17, 15) is 4.79 Å². The maximum absolute atomic E-state index is 13.2. The number of anilines is 1. The Balaban J connectivity index is 1.41. The van der Waals surface area contributed by atoms with Crippen LogP contribution in [-0.2, 0) is 24.3 Å². The highest BCUT2D eigenvalue weighted by Gasteiger charge is 2.22. The second kappa shape index (κ2) is 8.24. The molecule has 0 fully saturated rings. The number of para-hydroxylation sites is 1. The third-order valence-electron chi connectivity index (χ3n) is 5.74. The summed E-state index contributed by atoms with van der Waals surface area (Å²) in [5.41, 5.74) is 9.90. The molecule has 1 aliphatic heterocycles. The number of benzene rings is 2. The molecule has 31 heavy (non-hydrogen) atoms. The van der Waals surface area contributed by atoms with Crippen molar-refractivity contribution in [2.45, 2.75) is 25.9 Å². The van der Waals surface area contributed by atoms with Gasteiger partial charge in [0.1, 0.15) is 12.3 Å². The number of fused-ring (bicyclic) bond motifs is 2. The molecule has 0 atom stereocenters. The summed E-state index contributed by atoms with van der Waals surface area (Å²) >= 11 is 0. The van der Waals surface area contributed by atoms with Crippen LogP contribution in [0.1, 0.15) is 17.5 Å². The van der Waals surface area contributed by atoms with E-state index in [2.05, 4.69) is 11.1 Å². The summed E-state index contributed by atoms with van der Waals surface area (Å²) in [6.07, 6.45) is 5.64. The zero-order chi connectivity index (χ0) is 21.2. The fraction of sp³-hybridized carbons (Fsp3) is 0.200. The minimum atomic E-state index is 0.0910. The van der Waals surface area contributed by atoms with Crippen LogP contribution in [-0.4, -0.2) is 22.0 Å². The number of carbonyl (C=O) groups excluding carboxylic acids is 1. The number of hydrogen-bond donors (Lipinski definition) is 1. The highest BCUT2D eigenvalue weighted by atomic mass is 16.5. The quantitative estimate of drug-likeness (QED) is 0.531. The van der Waals surface area contributed by atoms with Gasteiger partial charge in [-0.05, 0) is 54.3 Å². The van der Waals surface area contributed by atoms with Gasteiger partial charge in [-0.2, -0.15) is 0 Å². The van der Waals surface area contributed by atoms with Gasteiger partial charge in [-0.15, -0.1) is 0 Å². The van der Waals surface area contributed by atoms with Crippen molar-refractivity contribution in [1.29, 1.82) is 0 Å². The number of rotatable bonds is 5. The van der Waals surface area contributed by atoms with Crippen molar-refractivity contribution in [2.75, 3.05) is 11.4 Å². The Morgan fingerprint density at radius 3 is 2.90 bits per heavy atom. The molecule has 0 spiro atoms. The molecule has 5 rings (SSSR count). The topological polar surface area (TPSA) is 73.4 Å². The zero-order valence-electron chi connectivity index (χ0n) is 17.2. The number of aryl methyl sites for hydroxylation is 1. The molecule has 2 aromatic carbocycles. The molecule has 0 saturated carbocycles. The van der Waals surface area contributed by atoms with E-state index in [0.29, 0.717) is 18.2 Å². The maximum atomic E-state index is 13.2. The third-order valence-corrected chi connectivity index (χ3v) is 5.74. The highest BCUT2D eigenvalue weighted by molar-refractivity contribution is 5.96. The normalized spacial score (nSPS) is 13.3. The second-order valence-electron chi connectivity index (χ2n) is 7.72. The fourth-order valence-corrected chi connectivity index (χ4v) is 4.19. The summed E-state index contributed by atoms with van der Waals surface area (Å²) in [4.78, 5) is 19.4. The summed E-state index contributed by atoms with van der Waals surface area (Å²) in [6.45, 7) is 1.47. The third kappa shape index (κ3) is 3.78. The fourth-order valence-electron chi connectivity index (χ4n) is 4.19. The van der Waals surface area contributed by atoms with Crippen molar-refractivity contribution in [2.24, 2.45) is 5.73 Å². The number of pyridine rings is 1. The van der Waals surface area contributed by atoms with Gasteiger partial charge >= 0.3 is 0 Å². The van der Waals surface area contributed by atoms with Crippen LogP contribution in [0.15, 0.2) is 73.1 Å². The molecule has 2 aromatic heterocycles. The number of carbonyl (C=O) groups is 1. The van der Waals surface area contributed by atoms with Gasteiger partial charge in [0.05, 0.1) is 5.52 Å². The van der Waals surface area contributed by atoms with Crippen LogP contribution in [0, 0.1) is 0 Å². The van der Waals surface area contributed by atoms with Gasteiger partial charge in [0.15, 0.2) is 0 Å². The van der Waals surface area contributed by atoms with E-state index in [1.165, 1.54) is 5.56 Å². The highest BCUT2D eigenvalue weighted by Crippen LogP contribution is 2.31. The van der Waals surface area contributed by atoms with Crippen LogP contribution in [0.4, 0.5) is 5.69 Å². The number of hydrogen-bond acceptors (Lipinski definition) is 4. The SMILES string of the molecule is NCc1ccnc(Oc2cccc3c2ccn3CC(=O)N2CCCc3ccccc32)c1. The Morgan fingerprint density at radius 1 is 1.10 bits per heavy atom. The Labute approximate surface area is 180 Å². The summed E-state index contributed by atoms with van der Waals surface area (Å²) < 4.78 is 8.02. The molecule has 1 amide bonds. The molecule has 6 heteroatoms. The molecular weight excluding hydrogens is 388 g/mol. The summed E-state index contributed by atoms with van der Waals surface area (Å²) in [5, 5.41) is 0.939. The van der Waals surface area contributed by atoms with Gasteiger partial charge in [-0.3, -0.25) is 4.79 Å². The van der Waals surface area contributed by atoms with Crippen LogP contribution >= 0.6 is 0 Å². The molecule has 0 aliphatic carbocycles. The maximum Gasteiger partial charge on any atom is 0.246 e. The molecule has 6 nitrogen and oxygen atoms in total. The minimum absolute atomic E-state index is 0.0910. The molecule has 1 aliphatic rings. The molecule has 4 aromatic rings. The molecule has 0 saturated heterocycles. The van der Waals surface area contributed by atoms with Crippen molar-refractivity contribution in [3.05, 3.63) is 84.2 Å². The summed E-state index contributed by atoms with van der Waals surface area (Å²) in [6, 6.07) is 19.7. The number of nitrogens with two attached hydrogens (primary N) is 1. The number of nitrogens with zero attached hydrogens (tertiary/aromatic N) is 3. The van der Waals surface area contributed by atoms with E-state index in [1.54, 1.807) is 6.20 Å².